The minimum atomic E-state index is -0.0470. The van der Waals surface area contributed by atoms with Crippen LogP contribution in [0, 0.1) is 0 Å². The van der Waals surface area contributed by atoms with E-state index in [1.807, 2.05) is 0 Å². The zero-order chi connectivity index (χ0) is 11.8. The summed E-state index contributed by atoms with van der Waals surface area (Å²) in [5, 5.41) is 0. The van der Waals surface area contributed by atoms with E-state index in [0.29, 0.717) is 12.2 Å². The van der Waals surface area contributed by atoms with Gasteiger partial charge in [0, 0.05) is 6.42 Å². The fourth-order valence-corrected chi connectivity index (χ4v) is 2.75. The maximum atomic E-state index is 11.9. The van der Waals surface area contributed by atoms with Crippen LogP contribution in [0.5, 0.6) is 0 Å². The molecule has 0 radical (unpaired) electrons. The Hall–Kier alpha value is -0.630. The van der Waals surface area contributed by atoms with Gasteiger partial charge in [0.15, 0.2) is 5.78 Å². The molecule has 1 atom stereocenters. The van der Waals surface area contributed by atoms with Gasteiger partial charge in [0.05, 0.1) is 11.7 Å². The Morgan fingerprint density at radius 1 is 1.44 bits per heavy atom. The first kappa shape index (κ1) is 11.8. The summed E-state index contributed by atoms with van der Waals surface area (Å²) < 4.78 is 6.00. The lowest BCUT2D eigenvalue weighted by Crippen LogP contribution is -2.35. The van der Waals surface area contributed by atoms with Gasteiger partial charge >= 0.3 is 0 Å². The first-order chi connectivity index (χ1) is 7.53. The van der Waals surface area contributed by atoms with E-state index in [0.717, 1.165) is 37.7 Å². The second-order valence-electron chi connectivity index (χ2n) is 5.60. The van der Waals surface area contributed by atoms with Crippen LogP contribution in [0.4, 0.5) is 0 Å². The number of allylic oxidation sites excluding steroid dienone is 1. The summed E-state index contributed by atoms with van der Waals surface area (Å²) in [6.07, 6.45) is 6.04. The lowest BCUT2D eigenvalue weighted by Gasteiger charge is -2.35. The Kier molecular flexibility index (Phi) is 3.20. The maximum absolute atomic E-state index is 11.9. The van der Waals surface area contributed by atoms with Crippen LogP contribution in [0.2, 0.25) is 0 Å². The number of unbranched alkanes of at least 4 members (excludes halogenated alkanes) is 1. The fourth-order valence-electron chi connectivity index (χ4n) is 2.75. The van der Waals surface area contributed by atoms with Crippen LogP contribution >= 0.6 is 0 Å². The summed E-state index contributed by atoms with van der Waals surface area (Å²) in [4.78, 5) is 11.9. The van der Waals surface area contributed by atoms with Crippen LogP contribution in [0.25, 0.3) is 0 Å². The molecule has 2 aliphatic rings. The van der Waals surface area contributed by atoms with Gasteiger partial charge in [-0.3, -0.25) is 4.79 Å². The predicted octanol–water partition coefficient (Wildman–Crippen LogP) is 3.40. The van der Waals surface area contributed by atoms with Crippen LogP contribution in [-0.4, -0.2) is 17.5 Å². The molecule has 1 heterocycles. The van der Waals surface area contributed by atoms with Crippen LogP contribution in [0.15, 0.2) is 11.1 Å². The molecule has 2 rings (SSSR count). The number of carbonyl (C=O) groups excluding carboxylic acids is 1. The molecule has 1 fully saturated rings. The van der Waals surface area contributed by atoms with Gasteiger partial charge in [0.25, 0.3) is 0 Å². The lowest BCUT2D eigenvalue weighted by atomic mass is 9.90. The Labute approximate surface area is 98.1 Å². The molecular weight excluding hydrogens is 200 g/mol. The minimum Gasteiger partial charge on any atom is -0.367 e. The smallest absolute Gasteiger partial charge is 0.161 e. The molecule has 16 heavy (non-hydrogen) atoms. The second kappa shape index (κ2) is 4.33. The highest BCUT2D eigenvalue weighted by Gasteiger charge is 2.39. The van der Waals surface area contributed by atoms with Crippen LogP contribution < -0.4 is 0 Å². The summed E-state index contributed by atoms with van der Waals surface area (Å²) in [7, 11) is 0. The van der Waals surface area contributed by atoms with E-state index in [9.17, 15) is 4.79 Å². The molecule has 0 saturated carbocycles. The standard InChI is InChI=1S/C14H22O2/c1-4-5-6-10-11-7-8-14(2,3)16-13(11)9-12(10)15/h13H,4-9H2,1-3H3. The average molecular weight is 222 g/mol. The third kappa shape index (κ3) is 2.22. The average Bonchev–Trinajstić information content (AvgIpc) is 2.48. The van der Waals surface area contributed by atoms with Crippen molar-refractivity contribution < 1.29 is 9.53 Å². The van der Waals surface area contributed by atoms with Crippen molar-refractivity contribution in [3.8, 4) is 0 Å². The SMILES string of the molecule is CCCCC1=C2CCC(C)(C)OC2CC1=O. The van der Waals surface area contributed by atoms with Crippen LogP contribution in [-0.2, 0) is 9.53 Å². The summed E-state index contributed by atoms with van der Waals surface area (Å²) in [5.74, 6) is 0.339. The molecule has 0 amide bonds. The number of rotatable bonds is 3. The number of carbonyl (C=O) groups is 1. The van der Waals surface area contributed by atoms with Crippen molar-refractivity contribution in [3.63, 3.8) is 0 Å². The molecule has 0 spiro atoms. The molecule has 0 aromatic heterocycles. The molecule has 1 saturated heterocycles. The molecule has 1 aliphatic carbocycles. The lowest BCUT2D eigenvalue weighted by molar-refractivity contribution is -0.120. The molecule has 90 valence electrons. The number of hydrogen-bond donors (Lipinski definition) is 0. The van der Waals surface area contributed by atoms with Crippen molar-refractivity contribution in [1.29, 1.82) is 0 Å². The molecular formula is C14H22O2. The van der Waals surface area contributed by atoms with E-state index in [1.165, 1.54) is 5.57 Å². The molecule has 0 aromatic rings. The number of Topliss-reactive ketones (excluding diaryl/α,β-unsaturated/α-hetero) is 1. The maximum Gasteiger partial charge on any atom is 0.161 e. The number of fused-ring (bicyclic) bond motifs is 1. The van der Waals surface area contributed by atoms with Gasteiger partial charge in [-0.25, -0.2) is 0 Å². The van der Waals surface area contributed by atoms with Crippen molar-refractivity contribution in [3.05, 3.63) is 11.1 Å². The fraction of sp³-hybridized carbons (Fsp3) is 0.786. The summed E-state index contributed by atoms with van der Waals surface area (Å²) in [5.41, 5.74) is 2.37. The van der Waals surface area contributed by atoms with Crippen molar-refractivity contribution in [2.45, 2.75) is 71.0 Å². The highest BCUT2D eigenvalue weighted by Crippen LogP contribution is 2.40. The van der Waals surface area contributed by atoms with Gasteiger partial charge in [-0.1, -0.05) is 13.3 Å². The predicted molar refractivity (Wildman–Crippen MR) is 64.4 cm³/mol. The number of ketones is 1. The quantitative estimate of drug-likeness (QED) is 0.731. The Morgan fingerprint density at radius 2 is 2.19 bits per heavy atom. The second-order valence-corrected chi connectivity index (χ2v) is 5.60. The van der Waals surface area contributed by atoms with Crippen molar-refractivity contribution >= 4 is 5.78 Å². The summed E-state index contributed by atoms with van der Waals surface area (Å²) >= 11 is 0. The molecule has 0 bridgehead atoms. The summed E-state index contributed by atoms with van der Waals surface area (Å²) in [6.45, 7) is 6.42. The zero-order valence-electron chi connectivity index (χ0n) is 10.6. The summed E-state index contributed by atoms with van der Waals surface area (Å²) in [6, 6.07) is 0. The first-order valence-electron chi connectivity index (χ1n) is 6.46. The number of hydrogen-bond acceptors (Lipinski definition) is 2. The van der Waals surface area contributed by atoms with Gasteiger partial charge in [0.1, 0.15) is 0 Å². The molecule has 1 aliphatic heterocycles. The molecule has 0 aromatic carbocycles. The van der Waals surface area contributed by atoms with Gasteiger partial charge in [-0.15, -0.1) is 0 Å². The van der Waals surface area contributed by atoms with Gasteiger partial charge in [0.2, 0.25) is 0 Å². The van der Waals surface area contributed by atoms with Crippen LogP contribution in [0.1, 0.15) is 59.3 Å². The molecule has 2 heteroatoms. The highest BCUT2D eigenvalue weighted by molar-refractivity contribution is 5.99. The minimum absolute atomic E-state index is 0.0470. The van der Waals surface area contributed by atoms with Crippen molar-refractivity contribution in [2.75, 3.05) is 0 Å². The van der Waals surface area contributed by atoms with E-state index in [-0.39, 0.29) is 11.7 Å². The van der Waals surface area contributed by atoms with Gasteiger partial charge < -0.3 is 4.74 Å². The first-order valence-corrected chi connectivity index (χ1v) is 6.46. The third-order valence-electron chi connectivity index (χ3n) is 3.72. The third-order valence-corrected chi connectivity index (χ3v) is 3.72. The Bertz CT molecular complexity index is 326. The monoisotopic (exact) mass is 222 g/mol. The van der Waals surface area contributed by atoms with E-state index < -0.39 is 0 Å². The van der Waals surface area contributed by atoms with Gasteiger partial charge in [-0.2, -0.15) is 0 Å². The molecule has 0 N–H and O–H groups in total. The van der Waals surface area contributed by atoms with E-state index in [4.69, 9.17) is 4.74 Å². The normalized spacial score (nSPS) is 28.4. The molecule has 2 nitrogen and oxygen atoms in total. The highest BCUT2D eigenvalue weighted by atomic mass is 16.5. The van der Waals surface area contributed by atoms with Gasteiger partial charge in [-0.05, 0) is 50.7 Å². The Balaban J connectivity index is 2.14. The van der Waals surface area contributed by atoms with E-state index >= 15 is 0 Å². The van der Waals surface area contributed by atoms with Crippen molar-refractivity contribution in [1.82, 2.24) is 0 Å². The topological polar surface area (TPSA) is 26.3 Å². The number of ether oxygens (including phenoxy) is 1. The zero-order valence-corrected chi connectivity index (χ0v) is 10.6. The van der Waals surface area contributed by atoms with E-state index in [2.05, 4.69) is 20.8 Å². The largest absolute Gasteiger partial charge is 0.367 e. The van der Waals surface area contributed by atoms with Crippen LogP contribution in [0.3, 0.4) is 0 Å². The van der Waals surface area contributed by atoms with E-state index in [1.54, 1.807) is 0 Å². The Morgan fingerprint density at radius 3 is 2.88 bits per heavy atom. The molecule has 1 unspecified atom stereocenters. The van der Waals surface area contributed by atoms with Crippen molar-refractivity contribution in [2.24, 2.45) is 0 Å².